The molecule has 0 spiro atoms. The van der Waals surface area contributed by atoms with Crippen LogP contribution in [0.15, 0.2) is 30.3 Å². The summed E-state index contributed by atoms with van der Waals surface area (Å²) in [5.41, 5.74) is 1.01. The molecule has 0 aromatic heterocycles. The topological polar surface area (TPSA) is 47.6 Å². The van der Waals surface area contributed by atoms with Crippen molar-refractivity contribution in [3.8, 4) is 0 Å². The molecule has 1 aliphatic rings. The minimum Gasteiger partial charge on any atom is -0.460 e. The lowest BCUT2D eigenvalue weighted by molar-refractivity contribution is -0.147. The highest BCUT2D eigenvalue weighted by atomic mass is 16.5. The lowest BCUT2D eigenvalue weighted by Gasteiger charge is -2.10. The average molecular weight is 249 g/mol. The van der Waals surface area contributed by atoms with Gasteiger partial charge in [0.1, 0.15) is 12.6 Å². The summed E-state index contributed by atoms with van der Waals surface area (Å²) in [6.07, 6.45) is 0.793. The Bertz CT molecular complexity index is 380. The van der Waals surface area contributed by atoms with Gasteiger partial charge in [-0.05, 0) is 17.9 Å². The first-order valence-electron chi connectivity index (χ1n) is 6.22. The molecule has 0 amide bonds. The highest BCUT2D eigenvalue weighted by Gasteiger charge is 2.30. The second-order valence-corrected chi connectivity index (χ2v) is 4.61. The van der Waals surface area contributed by atoms with E-state index in [1.54, 1.807) is 7.11 Å². The molecule has 2 rings (SSSR count). The summed E-state index contributed by atoms with van der Waals surface area (Å²) < 4.78 is 10.4. The van der Waals surface area contributed by atoms with Gasteiger partial charge in [0.2, 0.25) is 0 Å². The zero-order valence-corrected chi connectivity index (χ0v) is 10.6. The molecule has 1 fully saturated rings. The number of esters is 1. The van der Waals surface area contributed by atoms with E-state index >= 15 is 0 Å². The molecule has 2 unspecified atom stereocenters. The van der Waals surface area contributed by atoms with Gasteiger partial charge in [-0.25, -0.2) is 0 Å². The number of hydrogen-bond donors (Lipinski definition) is 1. The van der Waals surface area contributed by atoms with Crippen molar-refractivity contribution in [1.82, 2.24) is 5.32 Å². The third-order valence-corrected chi connectivity index (χ3v) is 3.13. The first-order valence-corrected chi connectivity index (χ1v) is 6.22. The maximum atomic E-state index is 11.8. The molecule has 1 aromatic rings. The number of ether oxygens (including phenoxy) is 2. The molecule has 2 atom stereocenters. The summed E-state index contributed by atoms with van der Waals surface area (Å²) >= 11 is 0. The number of carbonyl (C=O) groups excluding carboxylic acids is 1. The predicted octanol–water partition coefficient (Wildman–Crippen LogP) is 1.35. The SMILES string of the molecule is COCC1CNC(C(=O)OCc2ccccc2)C1. The molecule has 1 aliphatic heterocycles. The van der Waals surface area contributed by atoms with Gasteiger partial charge < -0.3 is 14.8 Å². The second-order valence-electron chi connectivity index (χ2n) is 4.61. The molecule has 18 heavy (non-hydrogen) atoms. The Hall–Kier alpha value is -1.39. The second kappa shape index (κ2) is 6.52. The quantitative estimate of drug-likeness (QED) is 0.800. The van der Waals surface area contributed by atoms with Crippen LogP contribution in [-0.2, 0) is 20.9 Å². The van der Waals surface area contributed by atoms with Gasteiger partial charge in [-0.2, -0.15) is 0 Å². The lowest BCUT2D eigenvalue weighted by atomic mass is 10.1. The third kappa shape index (κ3) is 3.55. The standard InChI is InChI=1S/C14H19NO3/c1-17-9-12-7-13(15-8-12)14(16)18-10-11-5-3-2-4-6-11/h2-6,12-13,15H,7-10H2,1H3. The number of rotatable bonds is 5. The largest absolute Gasteiger partial charge is 0.460 e. The first kappa shape index (κ1) is 13.1. The van der Waals surface area contributed by atoms with Crippen LogP contribution in [0.3, 0.4) is 0 Å². The Morgan fingerprint density at radius 1 is 1.39 bits per heavy atom. The fraction of sp³-hybridized carbons (Fsp3) is 0.500. The van der Waals surface area contributed by atoms with Crippen LogP contribution in [0.5, 0.6) is 0 Å². The highest BCUT2D eigenvalue weighted by molar-refractivity contribution is 5.76. The fourth-order valence-corrected chi connectivity index (χ4v) is 2.18. The third-order valence-electron chi connectivity index (χ3n) is 3.13. The van der Waals surface area contributed by atoms with Crippen LogP contribution in [0.25, 0.3) is 0 Å². The molecule has 1 aromatic carbocycles. The van der Waals surface area contributed by atoms with Crippen LogP contribution >= 0.6 is 0 Å². The molecule has 1 heterocycles. The highest BCUT2D eigenvalue weighted by Crippen LogP contribution is 2.15. The Kier molecular flexibility index (Phi) is 4.73. The minimum atomic E-state index is -0.186. The molecule has 4 heteroatoms. The summed E-state index contributed by atoms with van der Waals surface area (Å²) in [6.45, 7) is 1.85. The van der Waals surface area contributed by atoms with Crippen molar-refractivity contribution in [1.29, 1.82) is 0 Å². The molecule has 4 nitrogen and oxygen atoms in total. The molecule has 0 radical (unpaired) electrons. The Balaban J connectivity index is 1.76. The van der Waals surface area contributed by atoms with Crippen molar-refractivity contribution < 1.29 is 14.3 Å². The van der Waals surface area contributed by atoms with E-state index in [2.05, 4.69) is 5.32 Å². The van der Waals surface area contributed by atoms with Gasteiger partial charge in [0.05, 0.1) is 6.61 Å². The van der Waals surface area contributed by atoms with E-state index in [1.807, 2.05) is 30.3 Å². The van der Waals surface area contributed by atoms with Crippen molar-refractivity contribution in [3.63, 3.8) is 0 Å². The summed E-state index contributed by atoms with van der Waals surface area (Å²) in [7, 11) is 1.68. The van der Waals surface area contributed by atoms with E-state index in [0.717, 1.165) is 18.5 Å². The molecular weight excluding hydrogens is 230 g/mol. The van der Waals surface area contributed by atoms with Gasteiger partial charge in [0, 0.05) is 13.7 Å². The minimum absolute atomic E-state index is 0.169. The van der Waals surface area contributed by atoms with Gasteiger partial charge in [-0.1, -0.05) is 30.3 Å². The Labute approximate surface area is 107 Å². The zero-order valence-electron chi connectivity index (χ0n) is 10.6. The fourth-order valence-electron chi connectivity index (χ4n) is 2.18. The summed E-state index contributed by atoms with van der Waals surface area (Å²) in [5, 5.41) is 3.17. The molecule has 0 saturated carbocycles. The van der Waals surface area contributed by atoms with Crippen LogP contribution in [0.4, 0.5) is 0 Å². The maximum absolute atomic E-state index is 11.8. The van der Waals surface area contributed by atoms with Crippen LogP contribution < -0.4 is 5.32 Å². The molecule has 0 aliphatic carbocycles. The van der Waals surface area contributed by atoms with Crippen LogP contribution in [0, 0.1) is 5.92 Å². The van der Waals surface area contributed by atoms with Crippen LogP contribution in [0.2, 0.25) is 0 Å². The van der Waals surface area contributed by atoms with Gasteiger partial charge in [0.15, 0.2) is 0 Å². The summed E-state index contributed by atoms with van der Waals surface area (Å²) in [5.74, 6) is 0.238. The van der Waals surface area contributed by atoms with Crippen molar-refractivity contribution in [2.45, 2.75) is 19.1 Å². The zero-order chi connectivity index (χ0) is 12.8. The maximum Gasteiger partial charge on any atom is 0.323 e. The average Bonchev–Trinajstić information content (AvgIpc) is 2.86. The monoisotopic (exact) mass is 249 g/mol. The van der Waals surface area contributed by atoms with Gasteiger partial charge >= 0.3 is 5.97 Å². The first-order chi connectivity index (χ1) is 8.79. The van der Waals surface area contributed by atoms with E-state index in [-0.39, 0.29) is 12.0 Å². The number of benzene rings is 1. The van der Waals surface area contributed by atoms with Crippen molar-refractivity contribution in [2.75, 3.05) is 20.3 Å². The van der Waals surface area contributed by atoms with Crippen molar-refractivity contribution in [2.24, 2.45) is 5.92 Å². The van der Waals surface area contributed by atoms with Gasteiger partial charge in [0.25, 0.3) is 0 Å². The predicted molar refractivity (Wildman–Crippen MR) is 68.0 cm³/mol. The molecule has 98 valence electrons. The normalized spacial score (nSPS) is 22.9. The van der Waals surface area contributed by atoms with Crippen LogP contribution in [-0.4, -0.2) is 32.3 Å². The van der Waals surface area contributed by atoms with E-state index in [9.17, 15) is 4.79 Å². The van der Waals surface area contributed by atoms with Crippen molar-refractivity contribution >= 4 is 5.97 Å². The summed E-state index contributed by atoms with van der Waals surface area (Å²) in [4.78, 5) is 11.8. The van der Waals surface area contributed by atoms with E-state index in [0.29, 0.717) is 19.1 Å². The number of carbonyl (C=O) groups is 1. The van der Waals surface area contributed by atoms with E-state index in [1.165, 1.54) is 0 Å². The van der Waals surface area contributed by atoms with Gasteiger partial charge in [-0.15, -0.1) is 0 Å². The molecule has 1 saturated heterocycles. The lowest BCUT2D eigenvalue weighted by Crippen LogP contribution is -2.32. The van der Waals surface area contributed by atoms with Gasteiger partial charge in [-0.3, -0.25) is 4.79 Å². The number of nitrogens with one attached hydrogen (secondary N) is 1. The summed E-state index contributed by atoms with van der Waals surface area (Å²) in [6, 6.07) is 9.52. The molecule has 1 N–H and O–H groups in total. The Morgan fingerprint density at radius 3 is 2.89 bits per heavy atom. The number of hydrogen-bond acceptors (Lipinski definition) is 4. The molecule has 0 bridgehead atoms. The molecular formula is C14H19NO3. The van der Waals surface area contributed by atoms with E-state index in [4.69, 9.17) is 9.47 Å². The van der Waals surface area contributed by atoms with Crippen molar-refractivity contribution in [3.05, 3.63) is 35.9 Å². The van der Waals surface area contributed by atoms with Crippen LogP contribution in [0.1, 0.15) is 12.0 Å². The van der Waals surface area contributed by atoms with E-state index < -0.39 is 0 Å². The Morgan fingerprint density at radius 2 is 2.17 bits per heavy atom. The number of methoxy groups -OCH3 is 1. The smallest absolute Gasteiger partial charge is 0.323 e.